The molecule has 0 unspecified atom stereocenters. The van der Waals surface area contributed by atoms with Crippen LogP contribution in [0.1, 0.15) is 40.6 Å². The molecule has 0 spiro atoms. The van der Waals surface area contributed by atoms with Gasteiger partial charge in [0.15, 0.2) is 11.5 Å². The average Bonchev–Trinajstić information content (AvgIpc) is 3.27. The molecule has 2 aliphatic heterocycles. The second-order valence-electron chi connectivity index (χ2n) is 7.24. The number of hydrogen-bond donors (Lipinski definition) is 1. The van der Waals surface area contributed by atoms with Crippen LogP contribution in [0.5, 0.6) is 11.5 Å². The number of amides is 2. The van der Waals surface area contributed by atoms with Crippen molar-refractivity contribution in [1.82, 2.24) is 4.90 Å². The van der Waals surface area contributed by atoms with Gasteiger partial charge in [-0.15, -0.1) is 0 Å². The monoisotopic (exact) mass is 410 g/mol. The third-order valence-corrected chi connectivity index (χ3v) is 5.36. The van der Waals surface area contributed by atoms with Crippen LogP contribution in [0.15, 0.2) is 36.4 Å². The van der Waals surface area contributed by atoms with E-state index in [0.717, 1.165) is 5.56 Å². The Morgan fingerprint density at radius 1 is 1.17 bits per heavy atom. The van der Waals surface area contributed by atoms with Gasteiger partial charge >= 0.3 is 5.97 Å². The number of anilines is 1. The molecule has 8 heteroatoms. The van der Waals surface area contributed by atoms with Crippen LogP contribution in [-0.2, 0) is 14.3 Å². The van der Waals surface area contributed by atoms with Crippen LogP contribution in [0.3, 0.4) is 0 Å². The normalized spacial score (nSPS) is 20.0. The molecule has 1 saturated heterocycles. The van der Waals surface area contributed by atoms with Gasteiger partial charge in [-0.05, 0) is 43.2 Å². The number of cyclic esters (lactones) is 1. The number of carbonyl (C=O) groups excluding carboxylic acids is 3. The first-order valence-electron chi connectivity index (χ1n) is 9.59. The van der Waals surface area contributed by atoms with Gasteiger partial charge in [-0.2, -0.15) is 0 Å². The first-order valence-corrected chi connectivity index (χ1v) is 9.59. The van der Waals surface area contributed by atoms with Crippen molar-refractivity contribution in [2.75, 3.05) is 19.5 Å². The summed E-state index contributed by atoms with van der Waals surface area (Å²) < 4.78 is 16.1. The molecule has 2 atom stereocenters. The van der Waals surface area contributed by atoms with E-state index in [1.165, 1.54) is 19.1 Å². The number of esters is 1. The molecule has 2 aliphatic rings. The molecule has 0 radical (unpaired) electrons. The number of aryl methyl sites for hydroxylation is 1. The summed E-state index contributed by atoms with van der Waals surface area (Å²) in [6.45, 7) is 1.93. The lowest BCUT2D eigenvalue weighted by molar-refractivity contribution is -0.144. The number of ether oxygens (including phenoxy) is 3. The van der Waals surface area contributed by atoms with E-state index in [2.05, 4.69) is 5.32 Å². The number of nitrogens with zero attached hydrogens (tertiary/aromatic N) is 1. The lowest BCUT2D eigenvalue weighted by Gasteiger charge is -2.29. The summed E-state index contributed by atoms with van der Waals surface area (Å²) in [5.41, 5.74) is 2.34. The Hall–Kier alpha value is -3.55. The van der Waals surface area contributed by atoms with Gasteiger partial charge in [0.1, 0.15) is 11.6 Å². The fraction of sp³-hybridized carbons (Fsp3) is 0.318. The van der Waals surface area contributed by atoms with E-state index in [0.29, 0.717) is 23.4 Å². The molecule has 2 aromatic carbocycles. The van der Waals surface area contributed by atoms with Crippen molar-refractivity contribution in [2.24, 2.45) is 0 Å². The van der Waals surface area contributed by atoms with Crippen LogP contribution in [0.2, 0.25) is 0 Å². The standard InChI is InChI=1S/C22H22N2O6/c1-12-5-4-6-13(11-12)23-20(26)15-8-10-17(25)24(15)21-14-7-9-16(28-2)19(29-3)18(14)22(27)30-21/h4-7,9,11,15,21H,8,10H2,1-3H3,(H,23,26)/t15-,21+/m1/s1. The Bertz CT molecular complexity index is 1030. The van der Waals surface area contributed by atoms with Crippen LogP contribution in [0, 0.1) is 6.92 Å². The average molecular weight is 410 g/mol. The van der Waals surface area contributed by atoms with E-state index in [1.807, 2.05) is 25.1 Å². The molecule has 156 valence electrons. The Morgan fingerprint density at radius 2 is 1.97 bits per heavy atom. The number of likely N-dealkylation sites (tertiary alicyclic amines) is 1. The molecule has 2 amide bonds. The minimum absolute atomic E-state index is 0.197. The fourth-order valence-corrected chi connectivity index (χ4v) is 3.99. The Balaban J connectivity index is 1.65. The number of methoxy groups -OCH3 is 2. The van der Waals surface area contributed by atoms with E-state index < -0.39 is 18.2 Å². The highest BCUT2D eigenvalue weighted by Crippen LogP contribution is 2.45. The molecule has 0 aliphatic carbocycles. The summed E-state index contributed by atoms with van der Waals surface area (Å²) >= 11 is 0. The second-order valence-corrected chi connectivity index (χ2v) is 7.24. The molecule has 1 fully saturated rings. The smallest absolute Gasteiger partial charge is 0.344 e. The maximum Gasteiger partial charge on any atom is 0.344 e. The van der Waals surface area contributed by atoms with Gasteiger partial charge in [0.05, 0.1) is 14.2 Å². The lowest BCUT2D eigenvalue weighted by atomic mass is 10.0. The zero-order valence-electron chi connectivity index (χ0n) is 16.9. The van der Waals surface area contributed by atoms with Gasteiger partial charge in [0.25, 0.3) is 0 Å². The SMILES string of the molecule is COc1ccc2c(c1OC)C(=O)O[C@@H]2N1C(=O)CC[C@@H]1C(=O)Nc1cccc(C)c1. The Morgan fingerprint density at radius 3 is 2.67 bits per heavy atom. The first kappa shape index (κ1) is 19.8. The molecular weight excluding hydrogens is 388 g/mol. The van der Waals surface area contributed by atoms with E-state index in [9.17, 15) is 14.4 Å². The van der Waals surface area contributed by atoms with E-state index >= 15 is 0 Å². The van der Waals surface area contributed by atoms with Crippen LogP contribution < -0.4 is 14.8 Å². The number of fused-ring (bicyclic) bond motifs is 1. The highest BCUT2D eigenvalue weighted by atomic mass is 16.6. The number of hydrogen-bond acceptors (Lipinski definition) is 6. The van der Waals surface area contributed by atoms with Crippen molar-refractivity contribution in [3.8, 4) is 11.5 Å². The van der Waals surface area contributed by atoms with Crippen molar-refractivity contribution in [3.63, 3.8) is 0 Å². The highest BCUT2D eigenvalue weighted by molar-refractivity contribution is 6.01. The summed E-state index contributed by atoms with van der Waals surface area (Å²) in [6.07, 6.45) is -0.453. The Labute approximate surface area is 173 Å². The van der Waals surface area contributed by atoms with Crippen molar-refractivity contribution in [3.05, 3.63) is 53.1 Å². The maximum atomic E-state index is 13.0. The second kappa shape index (κ2) is 7.70. The van der Waals surface area contributed by atoms with Crippen LogP contribution in [-0.4, -0.2) is 42.9 Å². The highest BCUT2D eigenvalue weighted by Gasteiger charge is 2.47. The Kier molecular flexibility index (Phi) is 5.07. The maximum absolute atomic E-state index is 13.0. The third kappa shape index (κ3) is 3.24. The molecule has 0 aromatic heterocycles. The molecular formula is C22H22N2O6. The van der Waals surface area contributed by atoms with Crippen molar-refractivity contribution >= 4 is 23.5 Å². The predicted octanol–water partition coefficient (Wildman–Crippen LogP) is 2.81. The van der Waals surface area contributed by atoms with Gasteiger partial charge in [0, 0.05) is 17.7 Å². The number of carbonyl (C=O) groups is 3. The zero-order valence-corrected chi connectivity index (χ0v) is 16.9. The van der Waals surface area contributed by atoms with Gasteiger partial charge < -0.3 is 19.5 Å². The largest absolute Gasteiger partial charge is 0.493 e. The molecule has 0 saturated carbocycles. The quantitative estimate of drug-likeness (QED) is 0.762. The molecule has 30 heavy (non-hydrogen) atoms. The summed E-state index contributed by atoms with van der Waals surface area (Å²) in [6, 6.07) is 9.96. The molecule has 1 N–H and O–H groups in total. The van der Waals surface area contributed by atoms with Crippen LogP contribution in [0.4, 0.5) is 5.69 Å². The fourth-order valence-electron chi connectivity index (χ4n) is 3.99. The molecule has 8 nitrogen and oxygen atoms in total. The lowest BCUT2D eigenvalue weighted by Crippen LogP contribution is -2.43. The van der Waals surface area contributed by atoms with Crippen molar-refractivity contribution in [1.29, 1.82) is 0 Å². The number of rotatable bonds is 5. The summed E-state index contributed by atoms with van der Waals surface area (Å²) in [5.74, 6) is -0.565. The summed E-state index contributed by atoms with van der Waals surface area (Å²) in [5, 5.41) is 2.86. The molecule has 2 heterocycles. The van der Waals surface area contributed by atoms with Crippen molar-refractivity contribution < 1.29 is 28.6 Å². The van der Waals surface area contributed by atoms with E-state index in [4.69, 9.17) is 14.2 Å². The number of benzene rings is 2. The zero-order chi connectivity index (χ0) is 21.4. The van der Waals surface area contributed by atoms with Crippen molar-refractivity contribution in [2.45, 2.75) is 32.0 Å². The topological polar surface area (TPSA) is 94.2 Å². The van der Waals surface area contributed by atoms with Crippen LogP contribution in [0.25, 0.3) is 0 Å². The minimum Gasteiger partial charge on any atom is -0.493 e. The van der Waals surface area contributed by atoms with E-state index in [-0.39, 0.29) is 29.5 Å². The van der Waals surface area contributed by atoms with Gasteiger partial charge in [-0.25, -0.2) is 4.79 Å². The molecule has 0 bridgehead atoms. The predicted molar refractivity (Wildman–Crippen MR) is 107 cm³/mol. The molecule has 4 rings (SSSR count). The number of nitrogens with one attached hydrogen (secondary N) is 1. The first-order chi connectivity index (χ1) is 14.4. The van der Waals surface area contributed by atoms with E-state index in [1.54, 1.807) is 18.2 Å². The summed E-state index contributed by atoms with van der Waals surface area (Å²) in [4.78, 5) is 39.6. The minimum atomic E-state index is -0.990. The van der Waals surface area contributed by atoms with Crippen LogP contribution >= 0.6 is 0 Å². The van der Waals surface area contributed by atoms with Gasteiger partial charge in [-0.3, -0.25) is 14.5 Å². The summed E-state index contributed by atoms with van der Waals surface area (Å²) in [7, 11) is 2.90. The van der Waals surface area contributed by atoms with Gasteiger partial charge in [-0.1, -0.05) is 12.1 Å². The van der Waals surface area contributed by atoms with Gasteiger partial charge in [0.2, 0.25) is 18.0 Å². The molecule has 2 aromatic rings. The third-order valence-electron chi connectivity index (χ3n) is 5.36.